The number of allylic oxidation sites excluding steroid dienone is 4. The fourth-order valence-electron chi connectivity index (χ4n) is 13.5. The van der Waals surface area contributed by atoms with E-state index in [1.165, 1.54) is 104 Å². The molecule has 0 aromatic heterocycles. The number of para-hydroxylation sites is 10. The Morgan fingerprint density at radius 1 is 0.405 bits per heavy atom. The van der Waals surface area contributed by atoms with E-state index in [2.05, 4.69) is 269 Å². The maximum atomic E-state index is 2.64. The number of anilines is 11. The maximum Gasteiger partial charge on any atom is 0.0703 e. The molecule has 1 spiro atoms. The summed E-state index contributed by atoms with van der Waals surface area (Å²) >= 11 is 0. The van der Waals surface area contributed by atoms with Crippen LogP contribution in [0.3, 0.4) is 0 Å². The second kappa shape index (κ2) is 16.9. The Kier molecular flexibility index (Phi) is 9.75. The van der Waals surface area contributed by atoms with Crippen molar-refractivity contribution >= 4 is 102 Å². The summed E-state index contributed by atoms with van der Waals surface area (Å²) in [5.41, 5.74) is 23.1. The first kappa shape index (κ1) is 42.8. The predicted octanol–water partition coefficient (Wildman–Crippen LogP) is 19.5. The standard InChI is InChI=1S/C70H54N4/c1-47-42-58-57-38-33-49(44-59(57)70(40-16-17-41-70)60(58)46-69(47)74-67-28-14-12-26-65(67)72(53-20-6-3-7-21-53)66-27-13-15-29-68(66)74)31-30-48-32-37-55-50(43-48)34-35-51-45-54(36-39-56(51)55)73-63-24-10-8-22-61(63)71(52-18-4-2-5-19-52)62-23-9-11-25-64(62)73/h2-15,18-39,43-47H,16-17,40-42H2,1H3/b31-30+. The van der Waals surface area contributed by atoms with Gasteiger partial charge in [-0.15, -0.1) is 0 Å². The van der Waals surface area contributed by atoms with E-state index >= 15 is 0 Å². The molecule has 15 rings (SSSR count). The lowest BCUT2D eigenvalue weighted by Gasteiger charge is -2.43. The molecule has 4 nitrogen and oxygen atoms in total. The lowest BCUT2D eigenvalue weighted by molar-refractivity contribution is 0.537. The zero-order chi connectivity index (χ0) is 48.9. The van der Waals surface area contributed by atoms with Gasteiger partial charge in [-0.25, -0.2) is 0 Å². The molecular weight excluding hydrogens is 897 g/mol. The molecule has 1 atom stereocenters. The van der Waals surface area contributed by atoms with Crippen molar-refractivity contribution in [3.05, 3.63) is 264 Å². The molecule has 0 saturated heterocycles. The van der Waals surface area contributed by atoms with Crippen molar-refractivity contribution in [3.8, 4) is 0 Å². The maximum absolute atomic E-state index is 2.64. The van der Waals surface area contributed by atoms with Crippen LogP contribution in [0, 0.1) is 5.92 Å². The highest BCUT2D eigenvalue weighted by Gasteiger charge is 2.48. The topological polar surface area (TPSA) is 13.0 Å². The third kappa shape index (κ3) is 6.54. The Bertz CT molecular complexity index is 3890. The number of rotatable bonds is 6. The molecule has 0 radical (unpaired) electrons. The monoisotopic (exact) mass is 950 g/mol. The summed E-state index contributed by atoms with van der Waals surface area (Å²) in [5, 5.41) is 5.01. The second-order valence-corrected chi connectivity index (χ2v) is 20.9. The molecule has 1 fully saturated rings. The Morgan fingerprint density at radius 3 is 1.36 bits per heavy atom. The van der Waals surface area contributed by atoms with Crippen molar-refractivity contribution < 1.29 is 0 Å². The first-order valence-corrected chi connectivity index (χ1v) is 26.5. The van der Waals surface area contributed by atoms with E-state index in [0.29, 0.717) is 5.92 Å². The number of benzene rings is 10. The molecule has 5 aliphatic rings. The fraction of sp³-hybridized carbons (Fsp3) is 0.114. The molecule has 10 aromatic carbocycles. The van der Waals surface area contributed by atoms with Gasteiger partial charge >= 0.3 is 0 Å². The van der Waals surface area contributed by atoms with Gasteiger partial charge in [-0.2, -0.15) is 0 Å². The molecule has 2 aliphatic heterocycles. The Hall–Kier alpha value is -8.86. The van der Waals surface area contributed by atoms with E-state index in [1.807, 2.05) is 0 Å². The van der Waals surface area contributed by atoms with Crippen LogP contribution in [0.25, 0.3) is 39.3 Å². The fourth-order valence-corrected chi connectivity index (χ4v) is 13.5. The van der Waals surface area contributed by atoms with Crippen LogP contribution in [-0.2, 0) is 5.41 Å². The minimum atomic E-state index is 0.0396. The molecule has 3 aliphatic carbocycles. The summed E-state index contributed by atoms with van der Waals surface area (Å²) in [7, 11) is 0. The van der Waals surface area contributed by atoms with Crippen molar-refractivity contribution in [1.82, 2.24) is 0 Å². The highest BCUT2D eigenvalue weighted by molar-refractivity contribution is 6.10. The first-order chi connectivity index (χ1) is 36.6. The molecule has 0 amide bonds. The Balaban J connectivity index is 0.739. The van der Waals surface area contributed by atoms with E-state index in [4.69, 9.17) is 0 Å². The van der Waals surface area contributed by atoms with Crippen molar-refractivity contribution in [2.75, 3.05) is 19.6 Å². The third-order valence-electron chi connectivity index (χ3n) is 16.8. The van der Waals surface area contributed by atoms with Gasteiger partial charge in [0, 0.05) is 34.1 Å². The Labute approximate surface area is 433 Å². The largest absolute Gasteiger partial charge is 0.310 e. The average molecular weight is 951 g/mol. The zero-order valence-corrected chi connectivity index (χ0v) is 41.5. The number of nitrogens with zero attached hydrogens (tertiary/aromatic N) is 4. The quantitative estimate of drug-likeness (QED) is 0.122. The molecule has 0 bridgehead atoms. The molecule has 1 saturated carbocycles. The van der Waals surface area contributed by atoms with Crippen LogP contribution in [-0.4, -0.2) is 0 Å². The summed E-state index contributed by atoms with van der Waals surface area (Å²) < 4.78 is 0. The van der Waals surface area contributed by atoms with Gasteiger partial charge in [0.25, 0.3) is 0 Å². The van der Waals surface area contributed by atoms with E-state index in [9.17, 15) is 0 Å². The van der Waals surface area contributed by atoms with Crippen molar-refractivity contribution in [2.24, 2.45) is 5.92 Å². The molecule has 4 heteroatoms. The van der Waals surface area contributed by atoms with Crippen LogP contribution in [0.1, 0.15) is 61.3 Å². The minimum Gasteiger partial charge on any atom is -0.310 e. The van der Waals surface area contributed by atoms with Gasteiger partial charge in [-0.1, -0.05) is 165 Å². The summed E-state index contributed by atoms with van der Waals surface area (Å²) in [6.07, 6.45) is 13.2. The minimum absolute atomic E-state index is 0.0396. The van der Waals surface area contributed by atoms with E-state index in [0.717, 1.165) is 40.5 Å². The summed E-state index contributed by atoms with van der Waals surface area (Å²) in [4.78, 5) is 9.82. The van der Waals surface area contributed by atoms with Crippen LogP contribution < -0.4 is 19.6 Å². The lowest BCUT2D eigenvalue weighted by atomic mass is 9.73. The number of fused-ring (bicyclic) bond motifs is 11. The zero-order valence-electron chi connectivity index (χ0n) is 41.5. The second-order valence-electron chi connectivity index (χ2n) is 20.9. The number of hydrogen-bond donors (Lipinski definition) is 0. The van der Waals surface area contributed by atoms with Crippen molar-refractivity contribution in [1.29, 1.82) is 0 Å². The van der Waals surface area contributed by atoms with Gasteiger partial charge in [0.15, 0.2) is 0 Å². The predicted molar refractivity (Wildman–Crippen MR) is 312 cm³/mol. The van der Waals surface area contributed by atoms with Crippen molar-refractivity contribution in [2.45, 2.75) is 44.4 Å². The van der Waals surface area contributed by atoms with E-state index in [-0.39, 0.29) is 5.41 Å². The van der Waals surface area contributed by atoms with Crippen LogP contribution in [0.5, 0.6) is 0 Å². The SMILES string of the molecule is CC1CC2=C(C=C1N1c3ccccc3N(c3ccccc3)c3ccccc31)C1(CCCC1)c1cc(/C=C/c3ccc4c(ccc5cc(N6c7ccccc7N(c7ccccc7)c7ccccc76)ccc54)c3)ccc12. The summed E-state index contributed by atoms with van der Waals surface area (Å²) in [6.45, 7) is 2.44. The van der Waals surface area contributed by atoms with Crippen LogP contribution in [0.2, 0.25) is 0 Å². The van der Waals surface area contributed by atoms with E-state index in [1.54, 1.807) is 11.1 Å². The summed E-state index contributed by atoms with van der Waals surface area (Å²) in [5.74, 6) is 0.338. The van der Waals surface area contributed by atoms with Crippen LogP contribution in [0.15, 0.2) is 242 Å². The van der Waals surface area contributed by atoms with Crippen LogP contribution in [0.4, 0.5) is 62.6 Å². The Morgan fingerprint density at radius 2 is 0.838 bits per heavy atom. The van der Waals surface area contributed by atoms with Crippen LogP contribution >= 0.6 is 0 Å². The van der Waals surface area contributed by atoms with Gasteiger partial charge in [-0.3, -0.25) is 0 Å². The molecule has 10 aromatic rings. The smallest absolute Gasteiger partial charge is 0.0703 e. The third-order valence-corrected chi connectivity index (χ3v) is 16.8. The van der Waals surface area contributed by atoms with E-state index < -0.39 is 0 Å². The van der Waals surface area contributed by atoms with Gasteiger partial charge < -0.3 is 19.6 Å². The number of hydrogen-bond acceptors (Lipinski definition) is 4. The normalized spacial score (nSPS) is 17.1. The molecular formula is C70H54N4. The molecule has 1 unspecified atom stereocenters. The molecule has 354 valence electrons. The molecule has 0 N–H and O–H groups in total. The molecule has 74 heavy (non-hydrogen) atoms. The van der Waals surface area contributed by atoms with Crippen molar-refractivity contribution in [3.63, 3.8) is 0 Å². The van der Waals surface area contributed by atoms with Gasteiger partial charge in [0.05, 0.1) is 45.5 Å². The average Bonchev–Trinajstić information content (AvgIpc) is 4.11. The lowest BCUT2D eigenvalue weighted by Crippen LogP contribution is -2.31. The van der Waals surface area contributed by atoms with Gasteiger partial charge in [-0.05, 0) is 171 Å². The molecule has 2 heterocycles. The highest BCUT2D eigenvalue weighted by atomic mass is 15.3. The highest BCUT2D eigenvalue weighted by Crippen LogP contribution is 2.62. The van der Waals surface area contributed by atoms with Gasteiger partial charge in [0.2, 0.25) is 0 Å². The first-order valence-electron chi connectivity index (χ1n) is 26.5. The van der Waals surface area contributed by atoms with Gasteiger partial charge in [0.1, 0.15) is 0 Å². The summed E-state index contributed by atoms with van der Waals surface area (Å²) in [6, 6.07) is 82.8.